The SMILES string of the molecule is CC(=O)OC1(c2cc3ccc(Cl)nc3s2)CC(OCc2ccccc2)C1. The maximum atomic E-state index is 11.7. The summed E-state index contributed by atoms with van der Waals surface area (Å²) in [5.41, 5.74) is 0.517. The molecule has 0 bridgehead atoms. The summed E-state index contributed by atoms with van der Waals surface area (Å²) in [5.74, 6) is -0.282. The van der Waals surface area contributed by atoms with Crippen LogP contribution < -0.4 is 0 Å². The average Bonchev–Trinajstić information content (AvgIpc) is 3.00. The molecule has 1 aromatic carbocycles. The Morgan fingerprint density at radius 3 is 2.77 bits per heavy atom. The number of carbonyl (C=O) groups is 1. The van der Waals surface area contributed by atoms with Gasteiger partial charge in [-0.25, -0.2) is 4.98 Å². The lowest BCUT2D eigenvalue weighted by molar-refractivity contribution is -0.193. The minimum absolute atomic E-state index is 0.0660. The highest BCUT2D eigenvalue weighted by Gasteiger charge is 2.50. The van der Waals surface area contributed by atoms with Crippen LogP contribution in [0.25, 0.3) is 10.2 Å². The van der Waals surface area contributed by atoms with E-state index in [9.17, 15) is 4.79 Å². The van der Waals surface area contributed by atoms with Gasteiger partial charge in [-0.05, 0) is 23.8 Å². The zero-order valence-corrected chi connectivity index (χ0v) is 15.8. The van der Waals surface area contributed by atoms with Crippen LogP contribution in [0.3, 0.4) is 0 Å². The van der Waals surface area contributed by atoms with Gasteiger partial charge in [0.15, 0.2) is 5.60 Å². The fraction of sp³-hybridized carbons (Fsp3) is 0.300. The smallest absolute Gasteiger partial charge is 0.303 e. The highest BCUT2D eigenvalue weighted by Crippen LogP contribution is 2.50. The van der Waals surface area contributed by atoms with Gasteiger partial charge in [0.1, 0.15) is 9.98 Å². The predicted molar refractivity (Wildman–Crippen MR) is 102 cm³/mol. The number of ether oxygens (including phenoxy) is 2. The average molecular weight is 388 g/mol. The topological polar surface area (TPSA) is 48.4 Å². The fourth-order valence-corrected chi connectivity index (χ4v) is 4.69. The van der Waals surface area contributed by atoms with Gasteiger partial charge in [-0.3, -0.25) is 4.79 Å². The van der Waals surface area contributed by atoms with Crippen molar-refractivity contribution in [3.05, 3.63) is 64.1 Å². The molecule has 1 aliphatic carbocycles. The first kappa shape index (κ1) is 17.5. The second-order valence-corrected chi connectivity index (χ2v) is 7.97. The van der Waals surface area contributed by atoms with Crippen molar-refractivity contribution in [3.63, 3.8) is 0 Å². The normalized spacial score (nSPS) is 22.2. The first-order valence-corrected chi connectivity index (χ1v) is 9.65. The van der Waals surface area contributed by atoms with E-state index >= 15 is 0 Å². The zero-order chi connectivity index (χ0) is 18.1. The van der Waals surface area contributed by atoms with Crippen molar-refractivity contribution >= 4 is 39.1 Å². The summed E-state index contributed by atoms with van der Waals surface area (Å²) in [6, 6.07) is 15.8. The van der Waals surface area contributed by atoms with Crippen molar-refractivity contribution in [1.82, 2.24) is 4.98 Å². The van der Waals surface area contributed by atoms with Gasteiger partial charge in [0, 0.05) is 25.2 Å². The molecule has 3 aromatic rings. The van der Waals surface area contributed by atoms with E-state index in [-0.39, 0.29) is 12.1 Å². The van der Waals surface area contributed by atoms with Crippen LogP contribution in [0.5, 0.6) is 0 Å². The number of hydrogen-bond acceptors (Lipinski definition) is 5. The highest BCUT2D eigenvalue weighted by molar-refractivity contribution is 7.18. The van der Waals surface area contributed by atoms with Crippen molar-refractivity contribution in [2.45, 2.75) is 38.1 Å². The first-order valence-electron chi connectivity index (χ1n) is 8.46. The largest absolute Gasteiger partial charge is 0.453 e. The third-order valence-corrected chi connectivity index (χ3v) is 6.02. The number of hydrogen-bond donors (Lipinski definition) is 0. The molecule has 0 saturated heterocycles. The van der Waals surface area contributed by atoms with Crippen LogP contribution in [-0.4, -0.2) is 17.1 Å². The van der Waals surface area contributed by atoms with Crippen LogP contribution in [0.2, 0.25) is 5.15 Å². The van der Waals surface area contributed by atoms with Crippen molar-refractivity contribution in [3.8, 4) is 0 Å². The molecule has 1 aliphatic rings. The second kappa shape index (κ2) is 6.99. The lowest BCUT2D eigenvalue weighted by Crippen LogP contribution is -2.48. The number of carbonyl (C=O) groups excluding carboxylic acids is 1. The molecule has 0 unspecified atom stereocenters. The third kappa shape index (κ3) is 3.47. The van der Waals surface area contributed by atoms with Crippen LogP contribution in [0.4, 0.5) is 0 Å². The Labute approximate surface area is 160 Å². The molecular weight excluding hydrogens is 370 g/mol. The van der Waals surface area contributed by atoms with E-state index in [2.05, 4.69) is 4.98 Å². The van der Waals surface area contributed by atoms with E-state index < -0.39 is 5.60 Å². The van der Waals surface area contributed by atoms with E-state index in [4.69, 9.17) is 21.1 Å². The van der Waals surface area contributed by atoms with Crippen molar-refractivity contribution in [2.75, 3.05) is 0 Å². The van der Waals surface area contributed by atoms with E-state index in [1.54, 1.807) is 6.07 Å². The van der Waals surface area contributed by atoms with Gasteiger partial charge in [-0.1, -0.05) is 41.9 Å². The monoisotopic (exact) mass is 387 g/mol. The summed E-state index contributed by atoms with van der Waals surface area (Å²) in [5, 5.41) is 1.47. The van der Waals surface area contributed by atoms with Crippen LogP contribution in [0, 0.1) is 0 Å². The van der Waals surface area contributed by atoms with Gasteiger partial charge in [0.25, 0.3) is 0 Å². The fourth-order valence-electron chi connectivity index (χ4n) is 3.31. The number of aromatic nitrogens is 1. The molecule has 1 fully saturated rings. The highest BCUT2D eigenvalue weighted by atomic mass is 35.5. The summed E-state index contributed by atoms with van der Waals surface area (Å²) in [6.07, 6.45) is 1.37. The minimum Gasteiger partial charge on any atom is -0.453 e. The quantitative estimate of drug-likeness (QED) is 0.452. The van der Waals surface area contributed by atoms with Crippen LogP contribution in [-0.2, 0) is 26.5 Å². The Hall–Kier alpha value is -1.95. The Morgan fingerprint density at radius 1 is 1.27 bits per heavy atom. The Bertz CT molecular complexity index is 935. The molecule has 2 heterocycles. The molecule has 6 heteroatoms. The zero-order valence-electron chi connectivity index (χ0n) is 14.3. The van der Waals surface area contributed by atoms with Gasteiger partial charge >= 0.3 is 5.97 Å². The maximum Gasteiger partial charge on any atom is 0.303 e. The molecule has 4 rings (SSSR count). The van der Waals surface area contributed by atoms with Gasteiger partial charge in [-0.15, -0.1) is 11.3 Å². The van der Waals surface area contributed by atoms with Crippen molar-refractivity contribution in [2.24, 2.45) is 0 Å². The number of benzene rings is 1. The first-order chi connectivity index (χ1) is 12.5. The standard InChI is InChI=1S/C20H18ClNO3S/c1-13(23)25-20(17-9-15-7-8-18(21)22-19(15)26-17)10-16(11-20)24-12-14-5-3-2-4-6-14/h2-9,16H,10-12H2,1H3. The minimum atomic E-state index is -0.620. The van der Waals surface area contributed by atoms with E-state index in [0.717, 1.165) is 20.7 Å². The maximum absolute atomic E-state index is 11.7. The summed E-state index contributed by atoms with van der Waals surface area (Å²) in [4.78, 5) is 17.9. The lowest BCUT2D eigenvalue weighted by Gasteiger charge is -2.45. The molecule has 0 amide bonds. The van der Waals surface area contributed by atoms with Gasteiger partial charge < -0.3 is 9.47 Å². The van der Waals surface area contributed by atoms with Crippen LogP contribution >= 0.6 is 22.9 Å². The molecule has 0 atom stereocenters. The van der Waals surface area contributed by atoms with Crippen molar-refractivity contribution < 1.29 is 14.3 Å². The second-order valence-electron chi connectivity index (χ2n) is 6.55. The van der Waals surface area contributed by atoms with Gasteiger partial charge in [0.05, 0.1) is 17.6 Å². The molecule has 26 heavy (non-hydrogen) atoms. The number of halogens is 1. The summed E-state index contributed by atoms with van der Waals surface area (Å²) in [6.45, 7) is 2.01. The number of thiophene rings is 1. The third-order valence-electron chi connectivity index (χ3n) is 4.58. The Balaban J connectivity index is 1.51. The van der Waals surface area contributed by atoms with Crippen LogP contribution in [0.1, 0.15) is 30.2 Å². The molecule has 0 aliphatic heterocycles. The number of nitrogens with zero attached hydrogens (tertiary/aromatic N) is 1. The van der Waals surface area contributed by atoms with E-state index in [1.165, 1.54) is 18.3 Å². The van der Waals surface area contributed by atoms with Gasteiger partial charge in [0.2, 0.25) is 0 Å². The van der Waals surface area contributed by atoms with E-state index in [1.807, 2.05) is 42.5 Å². The number of pyridine rings is 1. The Morgan fingerprint density at radius 2 is 2.04 bits per heavy atom. The molecule has 4 nitrogen and oxygen atoms in total. The summed E-state index contributed by atoms with van der Waals surface area (Å²) < 4.78 is 11.7. The molecule has 0 spiro atoms. The van der Waals surface area contributed by atoms with Crippen LogP contribution in [0.15, 0.2) is 48.5 Å². The van der Waals surface area contributed by atoms with Gasteiger partial charge in [-0.2, -0.15) is 0 Å². The number of fused-ring (bicyclic) bond motifs is 1. The summed E-state index contributed by atoms with van der Waals surface area (Å²) >= 11 is 7.51. The summed E-state index contributed by atoms with van der Waals surface area (Å²) in [7, 11) is 0. The molecule has 134 valence electrons. The molecule has 1 saturated carbocycles. The molecule has 0 radical (unpaired) electrons. The van der Waals surface area contributed by atoms with Crippen molar-refractivity contribution in [1.29, 1.82) is 0 Å². The Kier molecular flexibility index (Phi) is 4.69. The number of esters is 1. The molecular formula is C20H18ClNO3S. The van der Waals surface area contributed by atoms with E-state index in [0.29, 0.717) is 24.6 Å². The predicted octanol–water partition coefficient (Wildman–Crippen LogP) is 5.09. The molecule has 0 N–H and O–H groups in total. The molecule has 2 aromatic heterocycles. The lowest BCUT2D eigenvalue weighted by atomic mass is 9.76. The number of rotatable bonds is 5.